The van der Waals surface area contributed by atoms with Crippen molar-refractivity contribution in [3.63, 3.8) is 0 Å². The highest BCUT2D eigenvalue weighted by atomic mass is 35.5. The number of piperidine rings is 1. The monoisotopic (exact) mass is 325 g/mol. The van der Waals surface area contributed by atoms with Crippen LogP contribution in [0.15, 0.2) is 18.2 Å². The molecular weight excluding hydrogens is 305 g/mol. The van der Waals surface area contributed by atoms with Gasteiger partial charge in [-0.2, -0.15) is 0 Å². The molecule has 3 aliphatic rings. The van der Waals surface area contributed by atoms with E-state index in [0.29, 0.717) is 10.0 Å². The molecule has 2 saturated carbocycles. The molecule has 2 nitrogen and oxygen atoms in total. The molecule has 2 atom stereocenters. The summed E-state index contributed by atoms with van der Waals surface area (Å²) in [5.74, 6) is 0.830. The van der Waals surface area contributed by atoms with Crippen LogP contribution in [-0.2, 0) is 10.2 Å². The van der Waals surface area contributed by atoms with Crippen molar-refractivity contribution in [2.45, 2.75) is 31.1 Å². The number of hydrogen-bond donors (Lipinski definition) is 1. The highest BCUT2D eigenvalue weighted by Crippen LogP contribution is 2.68. The molecule has 0 bridgehead atoms. The first-order chi connectivity index (χ1) is 10.2. The largest absolute Gasteiger partial charge is 0.381 e. The van der Waals surface area contributed by atoms with E-state index in [9.17, 15) is 0 Å². The molecule has 4 rings (SSSR count). The van der Waals surface area contributed by atoms with E-state index in [0.717, 1.165) is 38.6 Å². The topological polar surface area (TPSA) is 21.3 Å². The maximum Gasteiger partial charge on any atom is 0.0595 e. The van der Waals surface area contributed by atoms with E-state index in [2.05, 4.69) is 17.4 Å². The number of hydrogen-bond acceptors (Lipinski definition) is 2. The maximum absolute atomic E-state index is 6.23. The molecule has 1 N–H and O–H groups in total. The molecule has 0 spiro atoms. The van der Waals surface area contributed by atoms with Crippen molar-refractivity contribution in [3.8, 4) is 0 Å². The Morgan fingerprint density at radius 2 is 2.10 bits per heavy atom. The molecule has 2 aliphatic carbocycles. The van der Waals surface area contributed by atoms with E-state index < -0.39 is 0 Å². The third-order valence-corrected chi connectivity index (χ3v) is 6.36. The lowest BCUT2D eigenvalue weighted by Gasteiger charge is -2.32. The minimum absolute atomic E-state index is 0.246. The second-order valence-electron chi connectivity index (χ2n) is 7.05. The maximum atomic E-state index is 6.23. The zero-order chi connectivity index (χ0) is 14.5. The lowest BCUT2D eigenvalue weighted by molar-refractivity contribution is 0.0662. The van der Waals surface area contributed by atoms with Gasteiger partial charge < -0.3 is 10.1 Å². The molecular formula is C17H21Cl2NO. The predicted molar refractivity (Wildman–Crippen MR) is 86.2 cm³/mol. The van der Waals surface area contributed by atoms with E-state index in [1.54, 1.807) is 0 Å². The number of ether oxygens (including phenoxy) is 1. The van der Waals surface area contributed by atoms with Gasteiger partial charge in [0.25, 0.3) is 0 Å². The predicted octanol–water partition coefficient (Wildman–Crippen LogP) is 4.04. The first-order valence-electron chi connectivity index (χ1n) is 7.89. The van der Waals surface area contributed by atoms with Crippen molar-refractivity contribution in [1.82, 2.24) is 5.32 Å². The molecule has 0 amide bonds. The highest BCUT2D eigenvalue weighted by Gasteiger charge is 2.68. The molecule has 1 saturated heterocycles. The van der Waals surface area contributed by atoms with Crippen LogP contribution < -0.4 is 5.32 Å². The summed E-state index contributed by atoms with van der Waals surface area (Å²) in [7, 11) is 0. The van der Waals surface area contributed by atoms with E-state index in [1.165, 1.54) is 24.8 Å². The Kier molecular flexibility index (Phi) is 3.50. The van der Waals surface area contributed by atoms with Crippen LogP contribution in [0.5, 0.6) is 0 Å². The summed E-state index contributed by atoms with van der Waals surface area (Å²) in [5, 5.41) is 4.86. The first-order valence-corrected chi connectivity index (χ1v) is 8.65. The van der Waals surface area contributed by atoms with Gasteiger partial charge in [-0.15, -0.1) is 0 Å². The molecule has 4 heteroatoms. The van der Waals surface area contributed by atoms with Crippen LogP contribution in [-0.4, -0.2) is 26.3 Å². The van der Waals surface area contributed by atoms with Crippen LogP contribution in [0.4, 0.5) is 0 Å². The van der Waals surface area contributed by atoms with Gasteiger partial charge in [-0.1, -0.05) is 29.3 Å². The van der Waals surface area contributed by atoms with Gasteiger partial charge >= 0.3 is 0 Å². The van der Waals surface area contributed by atoms with Crippen molar-refractivity contribution < 1.29 is 4.74 Å². The molecule has 21 heavy (non-hydrogen) atoms. The van der Waals surface area contributed by atoms with Gasteiger partial charge in [-0.25, -0.2) is 0 Å². The molecule has 3 fully saturated rings. The standard InChI is InChI=1S/C17H21Cl2NO/c18-14-4-3-13(7-15(14)19)17-5-6-20-10-16(17,9-17)11-21-8-12-1-2-12/h3-4,7,12,20H,1-2,5-6,8-11H2/t16-,17-/m1/s1. The third-order valence-electron chi connectivity index (χ3n) is 5.62. The molecule has 0 unspecified atom stereocenters. The quantitative estimate of drug-likeness (QED) is 0.882. The van der Waals surface area contributed by atoms with Gasteiger partial charge in [0.2, 0.25) is 0 Å². The molecule has 1 aromatic carbocycles. The van der Waals surface area contributed by atoms with Crippen molar-refractivity contribution in [2.24, 2.45) is 11.3 Å². The lowest BCUT2D eigenvalue weighted by Crippen LogP contribution is -2.41. The second-order valence-corrected chi connectivity index (χ2v) is 7.87. The fourth-order valence-electron chi connectivity index (χ4n) is 4.04. The summed E-state index contributed by atoms with van der Waals surface area (Å²) < 4.78 is 6.04. The van der Waals surface area contributed by atoms with E-state index in [1.807, 2.05) is 6.07 Å². The normalized spacial score (nSPS) is 34.6. The summed E-state index contributed by atoms with van der Waals surface area (Å²) in [5.41, 5.74) is 1.85. The Hall–Kier alpha value is -0.280. The fourth-order valence-corrected chi connectivity index (χ4v) is 4.34. The Bertz CT molecular complexity index is 560. The second kappa shape index (κ2) is 5.13. The number of halogens is 2. The van der Waals surface area contributed by atoms with Crippen molar-refractivity contribution in [2.75, 3.05) is 26.3 Å². The summed E-state index contributed by atoms with van der Waals surface area (Å²) >= 11 is 12.3. The minimum atomic E-state index is 0.246. The van der Waals surface area contributed by atoms with Gasteiger partial charge in [0.15, 0.2) is 0 Å². The summed E-state index contributed by atoms with van der Waals surface area (Å²) in [4.78, 5) is 0. The van der Waals surface area contributed by atoms with Crippen molar-refractivity contribution >= 4 is 23.2 Å². The molecule has 0 radical (unpaired) electrons. The van der Waals surface area contributed by atoms with Gasteiger partial charge in [0.1, 0.15) is 0 Å². The van der Waals surface area contributed by atoms with E-state index in [-0.39, 0.29) is 10.8 Å². The summed E-state index contributed by atoms with van der Waals surface area (Å²) in [6.07, 6.45) is 5.07. The van der Waals surface area contributed by atoms with Crippen LogP contribution >= 0.6 is 23.2 Å². The van der Waals surface area contributed by atoms with Gasteiger partial charge in [0, 0.05) is 24.0 Å². The van der Waals surface area contributed by atoms with Crippen molar-refractivity contribution in [3.05, 3.63) is 33.8 Å². The number of rotatable bonds is 5. The third kappa shape index (κ3) is 2.41. The molecule has 0 aromatic heterocycles. The Morgan fingerprint density at radius 3 is 2.86 bits per heavy atom. The van der Waals surface area contributed by atoms with Gasteiger partial charge in [0.05, 0.1) is 16.7 Å². The van der Waals surface area contributed by atoms with E-state index in [4.69, 9.17) is 27.9 Å². The average Bonchev–Trinajstić information content (AvgIpc) is 3.36. The molecule has 1 heterocycles. The van der Waals surface area contributed by atoms with E-state index >= 15 is 0 Å². The Labute approximate surface area is 136 Å². The smallest absolute Gasteiger partial charge is 0.0595 e. The van der Waals surface area contributed by atoms with Crippen LogP contribution in [0.1, 0.15) is 31.2 Å². The van der Waals surface area contributed by atoms with Gasteiger partial charge in [-0.05, 0) is 55.8 Å². The zero-order valence-corrected chi connectivity index (χ0v) is 13.6. The van der Waals surface area contributed by atoms with Crippen LogP contribution in [0.2, 0.25) is 10.0 Å². The number of benzene rings is 1. The molecule has 1 aliphatic heterocycles. The fraction of sp³-hybridized carbons (Fsp3) is 0.647. The SMILES string of the molecule is Clc1ccc([C@]23CCNC[C@@]2(COCC2CC2)C3)cc1Cl. The Morgan fingerprint density at radius 1 is 1.24 bits per heavy atom. The van der Waals surface area contributed by atoms with Crippen LogP contribution in [0.25, 0.3) is 0 Å². The molecule has 114 valence electrons. The lowest BCUT2D eigenvalue weighted by atomic mass is 9.81. The summed E-state index contributed by atoms with van der Waals surface area (Å²) in [6, 6.07) is 6.16. The minimum Gasteiger partial charge on any atom is -0.381 e. The van der Waals surface area contributed by atoms with Crippen LogP contribution in [0, 0.1) is 11.3 Å². The number of fused-ring (bicyclic) bond motifs is 1. The highest BCUT2D eigenvalue weighted by molar-refractivity contribution is 6.42. The number of nitrogens with one attached hydrogen (secondary N) is 1. The first kappa shape index (κ1) is 14.3. The Balaban J connectivity index is 1.54. The zero-order valence-electron chi connectivity index (χ0n) is 12.1. The molecule has 1 aromatic rings. The van der Waals surface area contributed by atoms with Crippen molar-refractivity contribution in [1.29, 1.82) is 0 Å². The average molecular weight is 326 g/mol. The van der Waals surface area contributed by atoms with Crippen LogP contribution in [0.3, 0.4) is 0 Å². The summed E-state index contributed by atoms with van der Waals surface area (Å²) in [6.45, 7) is 3.94. The van der Waals surface area contributed by atoms with Gasteiger partial charge in [-0.3, -0.25) is 0 Å².